The summed E-state index contributed by atoms with van der Waals surface area (Å²) < 4.78 is 10.6. The van der Waals surface area contributed by atoms with Gasteiger partial charge in [-0.05, 0) is 38.3 Å². The van der Waals surface area contributed by atoms with Crippen LogP contribution in [-0.4, -0.2) is 53.2 Å². The Morgan fingerprint density at radius 2 is 2.17 bits per heavy atom. The summed E-state index contributed by atoms with van der Waals surface area (Å²) in [6, 6.07) is 3.95. The molecule has 4 atom stereocenters. The molecule has 0 spiro atoms. The number of esters is 1. The molecular formula is C18H24N2O4. The van der Waals surface area contributed by atoms with Crippen LogP contribution in [0.5, 0.6) is 0 Å². The Balaban J connectivity index is 1.73. The Morgan fingerprint density at radius 1 is 1.38 bits per heavy atom. The zero-order valence-corrected chi connectivity index (χ0v) is 14.4. The molecule has 0 aliphatic carbocycles. The predicted molar refractivity (Wildman–Crippen MR) is 87.3 cm³/mol. The molecule has 2 fully saturated rings. The van der Waals surface area contributed by atoms with E-state index in [4.69, 9.17) is 9.47 Å². The number of rotatable bonds is 3. The molecule has 2 saturated heterocycles. The lowest BCUT2D eigenvalue weighted by molar-refractivity contribution is -0.154. The molecule has 0 N–H and O–H groups in total. The zero-order valence-electron chi connectivity index (χ0n) is 14.4. The summed E-state index contributed by atoms with van der Waals surface area (Å²) in [5, 5.41) is 0. The highest BCUT2D eigenvalue weighted by molar-refractivity contribution is 5.80. The Kier molecular flexibility index (Phi) is 4.85. The third-order valence-electron chi connectivity index (χ3n) is 5.00. The van der Waals surface area contributed by atoms with Gasteiger partial charge in [0.25, 0.3) is 0 Å². The van der Waals surface area contributed by atoms with E-state index in [1.807, 2.05) is 24.0 Å². The number of carbonyl (C=O) groups is 2. The standard InChI is InChI=1S/C18H24N2O4/c1-11-4-6-13(10-19-11)8-17(21)20-12(2)5-7-15-14(20)9-16(24-15)18(22)23-3/h4,6,10,12,14-16H,5,7-9H2,1-3H3/t12-,14-,15-,16+/m1/s1. The van der Waals surface area contributed by atoms with Gasteiger partial charge in [0.2, 0.25) is 5.91 Å². The summed E-state index contributed by atoms with van der Waals surface area (Å²) in [5.41, 5.74) is 1.84. The van der Waals surface area contributed by atoms with Gasteiger partial charge in [0.05, 0.1) is 25.7 Å². The molecule has 2 aliphatic rings. The molecule has 6 heteroatoms. The highest BCUT2D eigenvalue weighted by atomic mass is 16.6. The van der Waals surface area contributed by atoms with Crippen molar-refractivity contribution < 1.29 is 19.1 Å². The number of nitrogens with zero attached hydrogens (tertiary/aromatic N) is 2. The average molecular weight is 332 g/mol. The SMILES string of the molecule is COC(=O)[C@@H]1C[C@@H]2[C@@H](CC[C@@H](C)N2C(=O)Cc2ccc(C)nc2)O1. The minimum absolute atomic E-state index is 0.0521. The van der Waals surface area contributed by atoms with Gasteiger partial charge in [0, 0.05) is 24.4 Å². The number of hydrogen-bond acceptors (Lipinski definition) is 5. The normalized spacial score (nSPS) is 29.2. The fourth-order valence-corrected chi connectivity index (χ4v) is 3.74. The largest absolute Gasteiger partial charge is 0.467 e. The number of amides is 1. The molecule has 0 aromatic carbocycles. The van der Waals surface area contributed by atoms with Crippen molar-refractivity contribution in [3.63, 3.8) is 0 Å². The van der Waals surface area contributed by atoms with Crippen molar-refractivity contribution in [3.05, 3.63) is 29.6 Å². The molecular weight excluding hydrogens is 308 g/mol. The second-order valence-corrected chi connectivity index (χ2v) is 6.70. The lowest BCUT2D eigenvalue weighted by Crippen LogP contribution is -2.53. The van der Waals surface area contributed by atoms with Crippen LogP contribution >= 0.6 is 0 Å². The summed E-state index contributed by atoms with van der Waals surface area (Å²) in [6.45, 7) is 3.98. The lowest BCUT2D eigenvalue weighted by atomic mass is 9.92. The summed E-state index contributed by atoms with van der Waals surface area (Å²) >= 11 is 0. The quantitative estimate of drug-likeness (QED) is 0.787. The van der Waals surface area contributed by atoms with Gasteiger partial charge in [-0.1, -0.05) is 6.07 Å². The number of pyridine rings is 1. The van der Waals surface area contributed by atoms with Gasteiger partial charge >= 0.3 is 5.97 Å². The van der Waals surface area contributed by atoms with Crippen LogP contribution in [0.3, 0.4) is 0 Å². The predicted octanol–water partition coefficient (Wildman–Crippen LogP) is 1.64. The number of carbonyl (C=O) groups excluding carboxylic acids is 2. The van der Waals surface area contributed by atoms with Gasteiger partial charge in [-0.15, -0.1) is 0 Å². The Hall–Kier alpha value is -1.95. The minimum atomic E-state index is -0.563. The Labute approximate surface area is 142 Å². The van der Waals surface area contributed by atoms with Crippen molar-refractivity contribution in [2.45, 2.75) is 63.8 Å². The Morgan fingerprint density at radius 3 is 2.83 bits per heavy atom. The molecule has 3 rings (SSSR count). The maximum absolute atomic E-state index is 12.9. The van der Waals surface area contributed by atoms with Crippen LogP contribution in [0.25, 0.3) is 0 Å². The maximum Gasteiger partial charge on any atom is 0.335 e. The van der Waals surface area contributed by atoms with E-state index in [1.165, 1.54) is 7.11 Å². The third kappa shape index (κ3) is 3.29. The van der Waals surface area contributed by atoms with Gasteiger partial charge in [-0.3, -0.25) is 9.78 Å². The van der Waals surface area contributed by atoms with Crippen LogP contribution < -0.4 is 0 Å². The van der Waals surface area contributed by atoms with Crippen molar-refractivity contribution in [1.29, 1.82) is 0 Å². The molecule has 0 unspecified atom stereocenters. The number of ether oxygens (including phenoxy) is 2. The molecule has 24 heavy (non-hydrogen) atoms. The first kappa shape index (κ1) is 16.9. The topological polar surface area (TPSA) is 68.7 Å². The number of piperidine rings is 1. The fraction of sp³-hybridized carbons (Fsp3) is 0.611. The number of fused-ring (bicyclic) bond motifs is 1. The highest BCUT2D eigenvalue weighted by Crippen LogP contribution is 2.35. The molecule has 3 heterocycles. The first-order valence-corrected chi connectivity index (χ1v) is 8.45. The smallest absolute Gasteiger partial charge is 0.335 e. The molecule has 2 aliphatic heterocycles. The number of aromatic nitrogens is 1. The molecule has 0 radical (unpaired) electrons. The van der Waals surface area contributed by atoms with E-state index in [-0.39, 0.29) is 30.1 Å². The fourth-order valence-electron chi connectivity index (χ4n) is 3.74. The summed E-state index contributed by atoms with van der Waals surface area (Å²) in [7, 11) is 1.36. The van der Waals surface area contributed by atoms with Crippen LogP contribution in [-0.2, 0) is 25.5 Å². The lowest BCUT2D eigenvalue weighted by Gasteiger charge is -2.41. The molecule has 1 aromatic heterocycles. The minimum Gasteiger partial charge on any atom is -0.467 e. The molecule has 0 saturated carbocycles. The van der Waals surface area contributed by atoms with Gasteiger partial charge in [0.15, 0.2) is 6.10 Å². The summed E-state index contributed by atoms with van der Waals surface area (Å²) in [4.78, 5) is 30.8. The monoisotopic (exact) mass is 332 g/mol. The summed E-state index contributed by atoms with van der Waals surface area (Å²) in [5.74, 6) is -0.288. The van der Waals surface area contributed by atoms with E-state index in [0.717, 1.165) is 24.1 Å². The van der Waals surface area contributed by atoms with E-state index < -0.39 is 6.10 Å². The molecule has 130 valence electrons. The molecule has 0 bridgehead atoms. The zero-order chi connectivity index (χ0) is 17.3. The van der Waals surface area contributed by atoms with Crippen LogP contribution in [0.4, 0.5) is 0 Å². The third-order valence-corrected chi connectivity index (χ3v) is 5.00. The van der Waals surface area contributed by atoms with Crippen molar-refractivity contribution in [2.24, 2.45) is 0 Å². The van der Waals surface area contributed by atoms with Gasteiger partial charge in [-0.25, -0.2) is 4.79 Å². The molecule has 6 nitrogen and oxygen atoms in total. The van der Waals surface area contributed by atoms with Crippen LogP contribution in [0.2, 0.25) is 0 Å². The van der Waals surface area contributed by atoms with E-state index in [9.17, 15) is 9.59 Å². The number of likely N-dealkylation sites (tertiary alicyclic amines) is 1. The number of methoxy groups -OCH3 is 1. The average Bonchev–Trinajstić information content (AvgIpc) is 3.00. The van der Waals surface area contributed by atoms with E-state index in [2.05, 4.69) is 11.9 Å². The number of aryl methyl sites for hydroxylation is 1. The first-order valence-electron chi connectivity index (χ1n) is 8.45. The van der Waals surface area contributed by atoms with Crippen molar-refractivity contribution >= 4 is 11.9 Å². The maximum atomic E-state index is 12.9. The molecule has 1 aromatic rings. The second-order valence-electron chi connectivity index (χ2n) is 6.70. The van der Waals surface area contributed by atoms with Gasteiger partial charge in [-0.2, -0.15) is 0 Å². The van der Waals surface area contributed by atoms with E-state index >= 15 is 0 Å². The van der Waals surface area contributed by atoms with Crippen LogP contribution in [0, 0.1) is 6.92 Å². The van der Waals surface area contributed by atoms with E-state index in [0.29, 0.717) is 12.8 Å². The van der Waals surface area contributed by atoms with Crippen LogP contribution in [0.1, 0.15) is 37.4 Å². The number of hydrogen-bond donors (Lipinski definition) is 0. The second kappa shape index (κ2) is 6.89. The van der Waals surface area contributed by atoms with Crippen molar-refractivity contribution in [1.82, 2.24) is 9.88 Å². The van der Waals surface area contributed by atoms with Crippen molar-refractivity contribution in [2.75, 3.05) is 7.11 Å². The van der Waals surface area contributed by atoms with Crippen LogP contribution in [0.15, 0.2) is 18.3 Å². The van der Waals surface area contributed by atoms with Gasteiger partial charge in [0.1, 0.15) is 0 Å². The van der Waals surface area contributed by atoms with Crippen molar-refractivity contribution in [3.8, 4) is 0 Å². The summed E-state index contributed by atoms with van der Waals surface area (Å²) in [6.07, 6.45) is 3.70. The van der Waals surface area contributed by atoms with E-state index in [1.54, 1.807) is 6.20 Å². The molecule has 1 amide bonds. The van der Waals surface area contributed by atoms with Gasteiger partial charge < -0.3 is 14.4 Å². The first-order chi connectivity index (χ1) is 11.5. The highest BCUT2D eigenvalue weighted by Gasteiger charge is 2.47. The Bertz CT molecular complexity index is 616.